The number of aromatic carboxylic acids is 1. The number of carboxylic acids is 1. The highest BCUT2D eigenvalue weighted by molar-refractivity contribution is 5.96. The van der Waals surface area contributed by atoms with Crippen molar-refractivity contribution >= 4 is 11.8 Å². The third kappa shape index (κ3) is 2.88. The summed E-state index contributed by atoms with van der Waals surface area (Å²) in [7, 11) is 1.64. The highest BCUT2D eigenvalue weighted by Gasteiger charge is 2.14. The van der Waals surface area contributed by atoms with Crippen molar-refractivity contribution in [3.8, 4) is 0 Å². The van der Waals surface area contributed by atoms with Gasteiger partial charge < -0.3 is 9.67 Å². The quantitative estimate of drug-likeness (QED) is 0.849. The van der Waals surface area contributed by atoms with Crippen LogP contribution in [0.4, 0.5) is 0 Å². The number of Topliss-reactive ketones (excluding diaryl/α,β-unsaturated/α-hetero) is 1. The van der Waals surface area contributed by atoms with E-state index in [1.165, 1.54) is 10.6 Å². The van der Waals surface area contributed by atoms with Crippen LogP contribution in [-0.4, -0.2) is 26.4 Å². The Morgan fingerprint density at radius 2 is 2.11 bits per heavy atom. The zero-order valence-corrected chi connectivity index (χ0v) is 10.8. The van der Waals surface area contributed by atoms with Gasteiger partial charge in [0.15, 0.2) is 5.78 Å². The molecule has 2 rings (SSSR count). The lowest BCUT2D eigenvalue weighted by molar-refractivity contribution is 0.0686. The van der Waals surface area contributed by atoms with Gasteiger partial charge in [-0.15, -0.1) is 0 Å². The number of carbonyl (C=O) groups excluding carboxylic acids is 1. The van der Waals surface area contributed by atoms with Crippen molar-refractivity contribution in [1.82, 2.24) is 9.55 Å². The van der Waals surface area contributed by atoms with E-state index in [1.807, 2.05) is 13.0 Å². The maximum absolute atomic E-state index is 12.0. The Balaban J connectivity index is 2.20. The van der Waals surface area contributed by atoms with Crippen molar-refractivity contribution < 1.29 is 14.7 Å². The van der Waals surface area contributed by atoms with Crippen molar-refractivity contribution in [1.29, 1.82) is 0 Å². The van der Waals surface area contributed by atoms with E-state index in [0.29, 0.717) is 11.3 Å². The standard InChI is InChI=1S/C14H14N2O3/c1-9-4-3-5-11(15-9)13(17)7-10-6-12(14(18)19)16(2)8-10/h3-6,8H,7H2,1-2H3,(H,18,19). The molecule has 0 aliphatic heterocycles. The zero-order valence-electron chi connectivity index (χ0n) is 10.8. The van der Waals surface area contributed by atoms with Gasteiger partial charge in [0, 0.05) is 25.4 Å². The van der Waals surface area contributed by atoms with E-state index in [9.17, 15) is 9.59 Å². The van der Waals surface area contributed by atoms with Crippen molar-refractivity contribution in [2.75, 3.05) is 0 Å². The van der Waals surface area contributed by atoms with E-state index in [4.69, 9.17) is 5.11 Å². The molecule has 2 heterocycles. The number of rotatable bonds is 4. The fourth-order valence-electron chi connectivity index (χ4n) is 1.92. The molecule has 0 saturated carbocycles. The van der Waals surface area contributed by atoms with Crippen molar-refractivity contribution in [2.24, 2.45) is 7.05 Å². The minimum absolute atomic E-state index is 0.119. The van der Waals surface area contributed by atoms with Gasteiger partial charge in [-0.25, -0.2) is 4.79 Å². The first-order chi connectivity index (χ1) is 8.97. The summed E-state index contributed by atoms with van der Waals surface area (Å²) in [5.74, 6) is -1.12. The number of pyridine rings is 1. The van der Waals surface area contributed by atoms with Gasteiger partial charge in [-0.05, 0) is 30.7 Å². The second-order valence-corrected chi connectivity index (χ2v) is 4.41. The molecule has 0 aromatic carbocycles. The van der Waals surface area contributed by atoms with E-state index in [2.05, 4.69) is 4.98 Å². The molecule has 0 bridgehead atoms. The number of hydrogen-bond donors (Lipinski definition) is 1. The first kappa shape index (κ1) is 13.0. The Hall–Kier alpha value is -2.43. The second kappa shape index (κ2) is 5.06. The van der Waals surface area contributed by atoms with E-state index in [0.717, 1.165) is 5.69 Å². The molecule has 0 aliphatic rings. The molecule has 2 aromatic heterocycles. The van der Waals surface area contributed by atoms with E-state index in [1.54, 1.807) is 25.4 Å². The Kier molecular flexibility index (Phi) is 3.46. The average Bonchev–Trinajstić information content (AvgIpc) is 2.70. The number of aryl methyl sites for hydroxylation is 2. The molecule has 0 unspecified atom stereocenters. The number of carboxylic acid groups (broad SMARTS) is 1. The van der Waals surface area contributed by atoms with Gasteiger partial charge in [0.05, 0.1) is 0 Å². The minimum Gasteiger partial charge on any atom is -0.477 e. The van der Waals surface area contributed by atoms with Crippen LogP contribution in [0.15, 0.2) is 30.5 Å². The number of carbonyl (C=O) groups is 2. The second-order valence-electron chi connectivity index (χ2n) is 4.41. The highest BCUT2D eigenvalue weighted by Crippen LogP contribution is 2.11. The van der Waals surface area contributed by atoms with Crippen molar-refractivity contribution in [3.63, 3.8) is 0 Å². The van der Waals surface area contributed by atoms with Crippen LogP contribution in [0.5, 0.6) is 0 Å². The maximum Gasteiger partial charge on any atom is 0.352 e. The Morgan fingerprint density at radius 3 is 2.68 bits per heavy atom. The molecule has 5 heteroatoms. The first-order valence-corrected chi connectivity index (χ1v) is 5.83. The monoisotopic (exact) mass is 258 g/mol. The van der Waals surface area contributed by atoms with Gasteiger partial charge in [0.2, 0.25) is 0 Å². The van der Waals surface area contributed by atoms with Crippen LogP contribution in [0.25, 0.3) is 0 Å². The summed E-state index contributed by atoms with van der Waals surface area (Å²) in [6, 6.07) is 6.78. The molecule has 2 aromatic rings. The van der Waals surface area contributed by atoms with Crippen LogP contribution in [0.1, 0.15) is 32.2 Å². The molecule has 0 amide bonds. The van der Waals surface area contributed by atoms with Crippen LogP contribution in [0, 0.1) is 6.92 Å². The molecule has 1 N–H and O–H groups in total. The number of aromatic nitrogens is 2. The van der Waals surface area contributed by atoms with Crippen molar-refractivity contribution in [2.45, 2.75) is 13.3 Å². The average molecular weight is 258 g/mol. The zero-order chi connectivity index (χ0) is 14.0. The molecule has 5 nitrogen and oxygen atoms in total. The van der Waals surface area contributed by atoms with Gasteiger partial charge in [0.1, 0.15) is 11.4 Å². The van der Waals surface area contributed by atoms with E-state index in [-0.39, 0.29) is 17.9 Å². The molecule has 0 saturated heterocycles. The lowest BCUT2D eigenvalue weighted by atomic mass is 10.1. The molecule has 0 atom stereocenters. The topological polar surface area (TPSA) is 72.2 Å². The smallest absolute Gasteiger partial charge is 0.352 e. The lowest BCUT2D eigenvalue weighted by Crippen LogP contribution is -2.06. The molecule has 0 fully saturated rings. The van der Waals surface area contributed by atoms with Crippen LogP contribution in [0.2, 0.25) is 0 Å². The summed E-state index contributed by atoms with van der Waals surface area (Å²) in [6.07, 6.45) is 1.80. The SMILES string of the molecule is Cc1cccc(C(=O)Cc2cc(C(=O)O)n(C)c2)n1. The maximum atomic E-state index is 12.0. The van der Waals surface area contributed by atoms with Crippen LogP contribution >= 0.6 is 0 Å². The lowest BCUT2D eigenvalue weighted by Gasteiger charge is -1.99. The van der Waals surface area contributed by atoms with Crippen molar-refractivity contribution in [3.05, 3.63) is 53.1 Å². The predicted octanol–water partition coefficient (Wildman–Crippen LogP) is 1.85. The van der Waals surface area contributed by atoms with Crippen LogP contribution < -0.4 is 0 Å². The van der Waals surface area contributed by atoms with Crippen LogP contribution in [-0.2, 0) is 13.5 Å². The molecule has 19 heavy (non-hydrogen) atoms. The number of ketones is 1. The molecule has 0 radical (unpaired) electrons. The van der Waals surface area contributed by atoms with Crippen LogP contribution in [0.3, 0.4) is 0 Å². The minimum atomic E-state index is -1.00. The number of hydrogen-bond acceptors (Lipinski definition) is 3. The van der Waals surface area contributed by atoms with Gasteiger partial charge in [-0.1, -0.05) is 6.07 Å². The summed E-state index contributed by atoms with van der Waals surface area (Å²) >= 11 is 0. The molecule has 98 valence electrons. The molecule has 0 spiro atoms. The summed E-state index contributed by atoms with van der Waals surface area (Å²) in [6.45, 7) is 1.82. The fraction of sp³-hybridized carbons (Fsp3) is 0.214. The van der Waals surface area contributed by atoms with Gasteiger partial charge >= 0.3 is 5.97 Å². The largest absolute Gasteiger partial charge is 0.477 e. The summed E-state index contributed by atoms with van der Waals surface area (Å²) < 4.78 is 1.49. The van der Waals surface area contributed by atoms with Gasteiger partial charge in [-0.2, -0.15) is 0 Å². The highest BCUT2D eigenvalue weighted by atomic mass is 16.4. The Labute approximate surface area is 110 Å². The third-order valence-electron chi connectivity index (χ3n) is 2.82. The number of nitrogens with zero attached hydrogens (tertiary/aromatic N) is 2. The third-order valence-corrected chi connectivity index (χ3v) is 2.82. The fourth-order valence-corrected chi connectivity index (χ4v) is 1.92. The summed E-state index contributed by atoms with van der Waals surface area (Å²) in [5, 5.41) is 8.95. The molecule has 0 aliphatic carbocycles. The Bertz CT molecular complexity index is 644. The van der Waals surface area contributed by atoms with Gasteiger partial charge in [0.25, 0.3) is 0 Å². The van der Waals surface area contributed by atoms with E-state index >= 15 is 0 Å². The normalized spacial score (nSPS) is 10.4. The van der Waals surface area contributed by atoms with Gasteiger partial charge in [-0.3, -0.25) is 9.78 Å². The first-order valence-electron chi connectivity index (χ1n) is 5.83. The predicted molar refractivity (Wildman–Crippen MR) is 69.4 cm³/mol. The molecular formula is C14H14N2O3. The Morgan fingerprint density at radius 1 is 1.37 bits per heavy atom. The van der Waals surface area contributed by atoms with E-state index < -0.39 is 5.97 Å². The molecular weight excluding hydrogens is 244 g/mol. The summed E-state index contributed by atoms with van der Waals surface area (Å²) in [5.41, 5.74) is 2.03. The summed E-state index contributed by atoms with van der Waals surface area (Å²) in [4.78, 5) is 27.1.